The number of carbonyl (C=O) groups is 1. The molecule has 180 valence electrons. The molecule has 0 atom stereocenters. The largest absolute Gasteiger partial charge is 0.494 e. The Morgan fingerprint density at radius 3 is 2.11 bits per heavy atom. The third kappa shape index (κ3) is 5.09. The number of para-hydroxylation sites is 1. The maximum absolute atomic E-state index is 12.9. The summed E-state index contributed by atoms with van der Waals surface area (Å²) < 4.78 is 11.5. The SMILES string of the molecule is COc1cc(Nc2ccccc2)ccc1NC(=O)c1ccc(Cc2c(C)c(C)c(C)c(C)c2C)o1. The van der Waals surface area contributed by atoms with E-state index in [0.717, 1.165) is 17.1 Å². The summed E-state index contributed by atoms with van der Waals surface area (Å²) in [4.78, 5) is 12.9. The number of carbonyl (C=O) groups excluding carboxylic acids is 1. The fourth-order valence-corrected chi connectivity index (χ4v) is 4.36. The second kappa shape index (κ2) is 10.1. The lowest BCUT2D eigenvalue weighted by atomic mass is 9.88. The van der Waals surface area contributed by atoms with E-state index in [1.165, 1.54) is 33.4 Å². The second-order valence-electron chi connectivity index (χ2n) is 8.91. The maximum atomic E-state index is 12.9. The monoisotopic (exact) mass is 468 g/mol. The summed E-state index contributed by atoms with van der Waals surface area (Å²) in [7, 11) is 1.58. The molecule has 5 nitrogen and oxygen atoms in total. The van der Waals surface area contributed by atoms with E-state index in [4.69, 9.17) is 9.15 Å². The van der Waals surface area contributed by atoms with E-state index < -0.39 is 0 Å². The minimum Gasteiger partial charge on any atom is -0.494 e. The molecule has 0 bridgehead atoms. The molecule has 0 saturated carbocycles. The molecule has 0 aliphatic carbocycles. The average molecular weight is 469 g/mol. The van der Waals surface area contributed by atoms with Crippen molar-refractivity contribution in [2.75, 3.05) is 17.7 Å². The fraction of sp³-hybridized carbons (Fsp3) is 0.233. The van der Waals surface area contributed by atoms with E-state index in [1.54, 1.807) is 13.2 Å². The summed E-state index contributed by atoms with van der Waals surface area (Å²) in [6.45, 7) is 10.8. The van der Waals surface area contributed by atoms with Gasteiger partial charge in [0.15, 0.2) is 5.76 Å². The number of amides is 1. The second-order valence-corrected chi connectivity index (χ2v) is 8.91. The minimum atomic E-state index is -0.317. The molecule has 0 unspecified atom stereocenters. The number of anilines is 3. The van der Waals surface area contributed by atoms with Crippen LogP contribution < -0.4 is 15.4 Å². The molecule has 3 aromatic carbocycles. The van der Waals surface area contributed by atoms with Crippen LogP contribution in [0.5, 0.6) is 5.75 Å². The Morgan fingerprint density at radius 1 is 0.800 bits per heavy atom. The van der Waals surface area contributed by atoms with Gasteiger partial charge < -0.3 is 19.8 Å². The quantitative estimate of drug-likeness (QED) is 0.296. The molecule has 0 saturated heterocycles. The lowest BCUT2D eigenvalue weighted by molar-refractivity contribution is 0.0994. The summed E-state index contributed by atoms with van der Waals surface area (Å²) in [6.07, 6.45) is 0.649. The topological polar surface area (TPSA) is 63.5 Å². The van der Waals surface area contributed by atoms with E-state index in [0.29, 0.717) is 17.9 Å². The maximum Gasteiger partial charge on any atom is 0.291 e. The molecule has 1 heterocycles. The fourth-order valence-electron chi connectivity index (χ4n) is 4.36. The Hall–Kier alpha value is -3.99. The summed E-state index contributed by atoms with van der Waals surface area (Å²) >= 11 is 0. The van der Waals surface area contributed by atoms with Gasteiger partial charge in [0.25, 0.3) is 5.91 Å². The molecule has 0 aliphatic heterocycles. The number of rotatable bonds is 7. The highest BCUT2D eigenvalue weighted by Crippen LogP contribution is 2.31. The van der Waals surface area contributed by atoms with Gasteiger partial charge in [-0.2, -0.15) is 0 Å². The lowest BCUT2D eigenvalue weighted by Crippen LogP contribution is -2.12. The van der Waals surface area contributed by atoms with Crippen molar-refractivity contribution >= 4 is 23.0 Å². The van der Waals surface area contributed by atoms with Gasteiger partial charge in [-0.15, -0.1) is 0 Å². The van der Waals surface area contributed by atoms with E-state index in [-0.39, 0.29) is 11.7 Å². The van der Waals surface area contributed by atoms with Gasteiger partial charge in [0.2, 0.25) is 0 Å². The van der Waals surface area contributed by atoms with Gasteiger partial charge in [-0.25, -0.2) is 0 Å². The van der Waals surface area contributed by atoms with Gasteiger partial charge >= 0.3 is 0 Å². The van der Waals surface area contributed by atoms with Gasteiger partial charge in [0.1, 0.15) is 11.5 Å². The van der Waals surface area contributed by atoms with Crippen molar-refractivity contribution in [1.29, 1.82) is 0 Å². The van der Waals surface area contributed by atoms with Gasteiger partial charge in [-0.1, -0.05) is 18.2 Å². The molecule has 35 heavy (non-hydrogen) atoms. The number of ether oxygens (including phenoxy) is 1. The van der Waals surface area contributed by atoms with Crippen molar-refractivity contribution < 1.29 is 13.9 Å². The van der Waals surface area contributed by atoms with Crippen molar-refractivity contribution in [3.63, 3.8) is 0 Å². The first-order valence-corrected chi connectivity index (χ1v) is 11.7. The number of furan rings is 1. The summed E-state index contributed by atoms with van der Waals surface area (Å²) in [5.41, 5.74) is 10.2. The van der Waals surface area contributed by atoms with E-state index in [9.17, 15) is 4.79 Å². The standard InChI is InChI=1S/C30H32N2O3/c1-18-19(2)21(4)26(22(5)20(18)3)17-25-13-15-28(35-25)30(33)32-27-14-12-24(16-29(27)34-6)31-23-10-8-7-9-11-23/h7-16,31H,17H2,1-6H3,(H,32,33). The van der Waals surface area contributed by atoms with E-state index in [2.05, 4.69) is 45.3 Å². The third-order valence-electron chi connectivity index (χ3n) is 6.90. The van der Waals surface area contributed by atoms with Crippen LogP contribution in [0.2, 0.25) is 0 Å². The van der Waals surface area contributed by atoms with Gasteiger partial charge in [0, 0.05) is 23.9 Å². The summed E-state index contributed by atoms with van der Waals surface area (Å²) in [6, 6.07) is 19.0. The van der Waals surface area contributed by atoms with Crippen LogP contribution in [0.3, 0.4) is 0 Å². The third-order valence-corrected chi connectivity index (χ3v) is 6.90. The van der Waals surface area contributed by atoms with Gasteiger partial charge in [-0.05, 0) is 104 Å². The van der Waals surface area contributed by atoms with Crippen molar-refractivity contribution in [2.45, 2.75) is 41.0 Å². The van der Waals surface area contributed by atoms with Crippen LogP contribution >= 0.6 is 0 Å². The van der Waals surface area contributed by atoms with Crippen LogP contribution in [0, 0.1) is 34.6 Å². The number of hydrogen-bond donors (Lipinski definition) is 2. The van der Waals surface area contributed by atoms with Crippen molar-refractivity contribution in [1.82, 2.24) is 0 Å². The molecule has 0 radical (unpaired) electrons. The highest BCUT2D eigenvalue weighted by molar-refractivity contribution is 6.03. The highest BCUT2D eigenvalue weighted by Gasteiger charge is 2.17. The smallest absolute Gasteiger partial charge is 0.291 e. The molecule has 0 fully saturated rings. The number of benzene rings is 3. The molecule has 5 heteroatoms. The molecule has 4 aromatic rings. The zero-order chi connectivity index (χ0) is 25.1. The molecule has 0 aliphatic rings. The van der Waals surface area contributed by atoms with Crippen molar-refractivity contribution in [3.05, 3.63) is 106 Å². The molecular formula is C30H32N2O3. The first-order valence-electron chi connectivity index (χ1n) is 11.7. The van der Waals surface area contributed by atoms with Crippen molar-refractivity contribution in [3.8, 4) is 5.75 Å². The van der Waals surface area contributed by atoms with Crippen LogP contribution in [-0.4, -0.2) is 13.0 Å². The van der Waals surface area contributed by atoms with Crippen LogP contribution in [0.25, 0.3) is 0 Å². The molecular weight excluding hydrogens is 436 g/mol. The molecule has 2 N–H and O–H groups in total. The molecule has 4 rings (SSSR count). The Balaban J connectivity index is 1.50. The number of nitrogens with one attached hydrogen (secondary N) is 2. The van der Waals surface area contributed by atoms with E-state index in [1.807, 2.05) is 54.6 Å². The average Bonchev–Trinajstić information content (AvgIpc) is 3.34. The molecule has 0 spiro atoms. The Kier molecular flexibility index (Phi) is 6.97. The normalized spacial score (nSPS) is 10.8. The predicted octanol–water partition coefficient (Wildman–Crippen LogP) is 7.42. The van der Waals surface area contributed by atoms with Gasteiger partial charge in [0.05, 0.1) is 12.8 Å². The van der Waals surface area contributed by atoms with Crippen molar-refractivity contribution in [2.24, 2.45) is 0 Å². The Labute approximate surface area is 207 Å². The summed E-state index contributed by atoms with van der Waals surface area (Å²) in [5.74, 6) is 1.27. The molecule has 1 aromatic heterocycles. The van der Waals surface area contributed by atoms with Crippen LogP contribution in [0.15, 0.2) is 65.1 Å². The van der Waals surface area contributed by atoms with E-state index >= 15 is 0 Å². The van der Waals surface area contributed by atoms with Crippen LogP contribution in [-0.2, 0) is 6.42 Å². The lowest BCUT2D eigenvalue weighted by Gasteiger charge is -2.18. The van der Waals surface area contributed by atoms with Crippen LogP contribution in [0.4, 0.5) is 17.1 Å². The number of methoxy groups -OCH3 is 1. The predicted molar refractivity (Wildman–Crippen MR) is 142 cm³/mol. The molecule has 1 amide bonds. The Bertz CT molecular complexity index is 1340. The highest BCUT2D eigenvalue weighted by atomic mass is 16.5. The zero-order valence-electron chi connectivity index (χ0n) is 21.2. The minimum absolute atomic E-state index is 0.268. The first kappa shape index (κ1) is 24.1. The van der Waals surface area contributed by atoms with Gasteiger partial charge in [-0.3, -0.25) is 4.79 Å². The Morgan fingerprint density at radius 2 is 1.46 bits per heavy atom. The first-order chi connectivity index (χ1) is 16.8. The van der Waals surface area contributed by atoms with Crippen LogP contribution in [0.1, 0.15) is 49.7 Å². The zero-order valence-corrected chi connectivity index (χ0v) is 21.2. The summed E-state index contributed by atoms with van der Waals surface area (Å²) in [5, 5.41) is 6.24. The number of hydrogen-bond acceptors (Lipinski definition) is 4.